The average Bonchev–Trinajstić information content (AvgIpc) is 2.88. The number of benzene rings is 1. The second kappa shape index (κ2) is 3.71. The fourth-order valence-corrected chi connectivity index (χ4v) is 4.52. The molecule has 1 aliphatic carbocycles. The molecule has 3 rings (SSSR count). The molecule has 0 radical (unpaired) electrons. The van der Waals surface area contributed by atoms with E-state index in [0.717, 1.165) is 0 Å². The quantitative estimate of drug-likeness (QED) is 0.689. The summed E-state index contributed by atoms with van der Waals surface area (Å²) in [4.78, 5) is 1.50. The van der Waals surface area contributed by atoms with E-state index < -0.39 is 0 Å². The zero-order valence-corrected chi connectivity index (χ0v) is 11.5. The maximum Gasteiger partial charge on any atom is 0.0386 e. The van der Waals surface area contributed by atoms with Crippen molar-refractivity contribution in [3.63, 3.8) is 0 Å². The van der Waals surface area contributed by atoms with Gasteiger partial charge >= 0.3 is 0 Å². The molecule has 0 bridgehead atoms. The Hall–Kier alpha value is -1.08. The summed E-state index contributed by atoms with van der Waals surface area (Å²) in [6, 6.07) is 11.3. The second-order valence-corrected chi connectivity index (χ2v) is 6.10. The van der Waals surface area contributed by atoms with Crippen molar-refractivity contribution >= 4 is 11.3 Å². The third kappa shape index (κ3) is 1.23. The highest BCUT2D eigenvalue weighted by atomic mass is 32.1. The summed E-state index contributed by atoms with van der Waals surface area (Å²) in [5.74, 6) is 0.643. The lowest BCUT2D eigenvalue weighted by Gasteiger charge is -2.34. The van der Waals surface area contributed by atoms with Gasteiger partial charge in [0.25, 0.3) is 0 Å². The molecule has 0 fully saturated rings. The fourth-order valence-electron chi connectivity index (χ4n) is 3.50. The van der Waals surface area contributed by atoms with Crippen LogP contribution >= 0.6 is 11.3 Å². The lowest BCUT2D eigenvalue weighted by atomic mass is 9.68. The first-order valence-electron chi connectivity index (χ1n) is 6.39. The van der Waals surface area contributed by atoms with Crippen LogP contribution < -0.4 is 0 Å². The van der Waals surface area contributed by atoms with Crippen LogP contribution in [0.1, 0.15) is 38.3 Å². The third-order valence-corrected chi connectivity index (χ3v) is 5.29. The van der Waals surface area contributed by atoms with E-state index in [2.05, 4.69) is 56.5 Å². The predicted molar refractivity (Wildman–Crippen MR) is 75.7 cm³/mol. The number of rotatable bonds is 2. The van der Waals surface area contributed by atoms with Gasteiger partial charge in [-0.25, -0.2) is 0 Å². The predicted octanol–water partition coefficient (Wildman–Crippen LogP) is 5.08. The molecular weight excluding hydrogens is 224 g/mol. The Morgan fingerprint density at radius 3 is 2.59 bits per heavy atom. The van der Waals surface area contributed by atoms with E-state index in [4.69, 9.17) is 0 Å². The van der Waals surface area contributed by atoms with Crippen molar-refractivity contribution in [2.45, 2.75) is 32.6 Å². The molecule has 1 heterocycles. The Kier molecular flexibility index (Phi) is 2.41. The maximum atomic E-state index is 2.35. The minimum absolute atomic E-state index is 0.242. The summed E-state index contributed by atoms with van der Waals surface area (Å²) in [5, 5.41) is 2.24. The highest BCUT2D eigenvalue weighted by Crippen LogP contribution is 2.56. The Balaban J connectivity index is 2.37. The minimum atomic E-state index is 0.242. The first-order chi connectivity index (χ1) is 8.21. The summed E-state index contributed by atoms with van der Waals surface area (Å²) in [5.41, 5.74) is 4.81. The molecule has 0 nitrogen and oxygen atoms in total. The van der Waals surface area contributed by atoms with Gasteiger partial charge in [0.1, 0.15) is 0 Å². The maximum absolute atomic E-state index is 2.35. The fraction of sp³-hybridized carbons (Fsp3) is 0.375. The van der Waals surface area contributed by atoms with Gasteiger partial charge in [-0.3, -0.25) is 0 Å². The molecule has 0 aliphatic heterocycles. The highest BCUT2D eigenvalue weighted by Gasteiger charge is 2.44. The summed E-state index contributed by atoms with van der Waals surface area (Å²) in [6.07, 6.45) is 1.19. The van der Waals surface area contributed by atoms with Crippen LogP contribution in [0.25, 0.3) is 10.4 Å². The van der Waals surface area contributed by atoms with Gasteiger partial charge in [-0.1, -0.05) is 45.0 Å². The van der Waals surface area contributed by atoms with E-state index in [1.165, 1.54) is 16.9 Å². The van der Waals surface area contributed by atoms with E-state index in [1.54, 1.807) is 11.1 Å². The molecule has 1 aliphatic rings. The molecule has 0 spiro atoms. The molecule has 88 valence electrons. The standard InChI is InChI=1S/C16H18S/c1-4-16(11(2)3)13-8-6-5-7-12(13)15-14(16)9-10-17-15/h5-11H,4H2,1-3H3. The zero-order valence-electron chi connectivity index (χ0n) is 10.7. The molecule has 0 saturated carbocycles. The molecule has 0 amide bonds. The lowest BCUT2D eigenvalue weighted by molar-refractivity contribution is 0.367. The van der Waals surface area contributed by atoms with E-state index in [1.807, 2.05) is 11.3 Å². The molecule has 1 atom stereocenters. The molecule has 2 aromatic rings. The molecule has 0 saturated heterocycles. The van der Waals surface area contributed by atoms with Crippen LogP contribution in [0.5, 0.6) is 0 Å². The van der Waals surface area contributed by atoms with Crippen molar-refractivity contribution < 1.29 is 0 Å². The Labute approximate surface area is 107 Å². The van der Waals surface area contributed by atoms with Gasteiger partial charge in [-0.2, -0.15) is 0 Å². The molecule has 1 aromatic heterocycles. The summed E-state index contributed by atoms with van der Waals surface area (Å²) in [7, 11) is 0. The number of thiophene rings is 1. The molecule has 1 unspecified atom stereocenters. The van der Waals surface area contributed by atoms with Gasteiger partial charge in [0.05, 0.1) is 0 Å². The molecule has 1 aromatic carbocycles. The molecule has 17 heavy (non-hydrogen) atoms. The number of fused-ring (bicyclic) bond motifs is 3. The normalized spacial score (nSPS) is 21.6. The smallest absolute Gasteiger partial charge is 0.0386 e. The Morgan fingerprint density at radius 2 is 1.88 bits per heavy atom. The largest absolute Gasteiger partial charge is 0.143 e. The molecule has 1 heteroatoms. The van der Waals surface area contributed by atoms with Gasteiger partial charge in [-0.05, 0) is 40.5 Å². The summed E-state index contributed by atoms with van der Waals surface area (Å²) in [6.45, 7) is 7.03. The monoisotopic (exact) mass is 242 g/mol. The highest BCUT2D eigenvalue weighted by molar-refractivity contribution is 7.13. The van der Waals surface area contributed by atoms with Gasteiger partial charge in [-0.15, -0.1) is 11.3 Å². The third-order valence-electron chi connectivity index (χ3n) is 4.34. The Bertz CT molecular complexity index is 550. The van der Waals surface area contributed by atoms with Crippen molar-refractivity contribution in [2.24, 2.45) is 5.92 Å². The Morgan fingerprint density at radius 1 is 1.12 bits per heavy atom. The summed E-state index contributed by atoms with van der Waals surface area (Å²) < 4.78 is 0. The summed E-state index contributed by atoms with van der Waals surface area (Å²) >= 11 is 1.89. The van der Waals surface area contributed by atoms with E-state index in [9.17, 15) is 0 Å². The van der Waals surface area contributed by atoms with Gasteiger partial charge < -0.3 is 0 Å². The van der Waals surface area contributed by atoms with Crippen molar-refractivity contribution in [3.8, 4) is 10.4 Å². The number of hydrogen-bond acceptors (Lipinski definition) is 1. The first kappa shape index (κ1) is 11.0. The van der Waals surface area contributed by atoms with E-state index in [-0.39, 0.29) is 5.41 Å². The van der Waals surface area contributed by atoms with Crippen LogP contribution in [0.3, 0.4) is 0 Å². The average molecular weight is 242 g/mol. The zero-order chi connectivity index (χ0) is 12.0. The lowest BCUT2D eigenvalue weighted by Crippen LogP contribution is -2.30. The first-order valence-corrected chi connectivity index (χ1v) is 7.27. The molecule has 0 N–H and O–H groups in total. The topological polar surface area (TPSA) is 0 Å². The molecular formula is C16H18S. The van der Waals surface area contributed by atoms with E-state index >= 15 is 0 Å². The minimum Gasteiger partial charge on any atom is -0.143 e. The van der Waals surface area contributed by atoms with Crippen LogP contribution in [0, 0.1) is 5.92 Å². The van der Waals surface area contributed by atoms with Crippen molar-refractivity contribution in [1.82, 2.24) is 0 Å². The van der Waals surface area contributed by atoms with Crippen LogP contribution in [0.2, 0.25) is 0 Å². The van der Waals surface area contributed by atoms with Crippen LogP contribution in [0.4, 0.5) is 0 Å². The van der Waals surface area contributed by atoms with Gasteiger partial charge in [0.2, 0.25) is 0 Å². The van der Waals surface area contributed by atoms with Crippen molar-refractivity contribution in [3.05, 3.63) is 46.8 Å². The van der Waals surface area contributed by atoms with Gasteiger partial charge in [0, 0.05) is 10.3 Å². The SMILES string of the molecule is CCC1(C(C)C)c2ccccc2-c2sccc21. The van der Waals surface area contributed by atoms with Crippen molar-refractivity contribution in [2.75, 3.05) is 0 Å². The van der Waals surface area contributed by atoms with E-state index in [0.29, 0.717) is 5.92 Å². The van der Waals surface area contributed by atoms with Crippen LogP contribution in [-0.4, -0.2) is 0 Å². The second-order valence-electron chi connectivity index (χ2n) is 5.19. The van der Waals surface area contributed by atoms with Crippen molar-refractivity contribution in [1.29, 1.82) is 0 Å². The van der Waals surface area contributed by atoms with Gasteiger partial charge in [0.15, 0.2) is 0 Å². The number of hydrogen-bond donors (Lipinski definition) is 0. The van der Waals surface area contributed by atoms with Crippen LogP contribution in [0.15, 0.2) is 35.7 Å². The van der Waals surface area contributed by atoms with Crippen LogP contribution in [-0.2, 0) is 5.41 Å².